The quantitative estimate of drug-likeness (QED) is 0.899. The Balaban J connectivity index is 1.88. The van der Waals surface area contributed by atoms with E-state index in [4.69, 9.17) is 0 Å². The maximum atomic E-state index is 12.2. The van der Waals surface area contributed by atoms with E-state index in [9.17, 15) is 4.79 Å². The van der Waals surface area contributed by atoms with Gasteiger partial charge >= 0.3 is 0 Å². The number of amides is 1. The fourth-order valence-corrected chi connectivity index (χ4v) is 3.46. The number of carbonyl (C=O) groups excluding carboxylic acids is 1. The van der Waals surface area contributed by atoms with Crippen LogP contribution in [0.3, 0.4) is 0 Å². The molecule has 2 N–H and O–H groups in total. The van der Waals surface area contributed by atoms with Crippen LogP contribution in [0.4, 0.5) is 0 Å². The molecule has 1 aromatic rings. The van der Waals surface area contributed by atoms with Crippen molar-refractivity contribution in [2.24, 2.45) is 5.41 Å². The monoisotopic (exact) mass is 316 g/mol. The molecule has 1 amide bonds. The summed E-state index contributed by atoms with van der Waals surface area (Å²) in [6.07, 6.45) is 1.85. The molecule has 0 saturated carbocycles. The van der Waals surface area contributed by atoms with Crippen LogP contribution in [0.1, 0.15) is 24.6 Å². The average molecular weight is 317 g/mol. The summed E-state index contributed by atoms with van der Waals surface area (Å²) in [7, 11) is 0. The van der Waals surface area contributed by atoms with Gasteiger partial charge in [-0.25, -0.2) is 0 Å². The highest BCUT2D eigenvalue weighted by Gasteiger charge is 2.34. The normalized spacial score (nSPS) is 18.9. The standard InChI is InChI=1S/C12H17BrN2OS/c1-12(4-6-14-7-5-12)11(16)15-8-9-2-3-10(13)17-9/h2-3,14H,4-8H2,1H3,(H,15,16). The Kier molecular flexibility index (Phi) is 4.22. The van der Waals surface area contributed by atoms with Crippen LogP contribution in [0.15, 0.2) is 15.9 Å². The van der Waals surface area contributed by atoms with E-state index in [0.717, 1.165) is 29.7 Å². The number of nitrogens with one attached hydrogen (secondary N) is 2. The van der Waals surface area contributed by atoms with Crippen LogP contribution in [-0.2, 0) is 11.3 Å². The molecule has 1 aromatic heterocycles. The predicted molar refractivity (Wildman–Crippen MR) is 74.1 cm³/mol. The van der Waals surface area contributed by atoms with Gasteiger partial charge in [-0.3, -0.25) is 4.79 Å². The summed E-state index contributed by atoms with van der Waals surface area (Å²) in [5.41, 5.74) is -0.195. The highest BCUT2D eigenvalue weighted by molar-refractivity contribution is 9.11. The predicted octanol–water partition coefficient (Wildman–Crippen LogP) is 2.52. The van der Waals surface area contributed by atoms with Crippen molar-refractivity contribution in [3.63, 3.8) is 0 Å². The Hall–Kier alpha value is -0.390. The van der Waals surface area contributed by atoms with Gasteiger partial charge in [0.1, 0.15) is 0 Å². The second-order valence-electron chi connectivity index (χ2n) is 4.70. The lowest BCUT2D eigenvalue weighted by Crippen LogP contribution is -2.45. The van der Waals surface area contributed by atoms with Crippen LogP contribution in [0.25, 0.3) is 0 Å². The van der Waals surface area contributed by atoms with Crippen LogP contribution >= 0.6 is 27.3 Å². The average Bonchev–Trinajstić information content (AvgIpc) is 2.73. The Morgan fingerprint density at radius 3 is 2.82 bits per heavy atom. The summed E-state index contributed by atoms with van der Waals surface area (Å²) in [5.74, 6) is 0.184. The van der Waals surface area contributed by atoms with Crippen molar-refractivity contribution in [2.45, 2.75) is 26.3 Å². The third-order valence-electron chi connectivity index (χ3n) is 3.31. The summed E-state index contributed by atoms with van der Waals surface area (Å²) in [5, 5.41) is 6.33. The first kappa shape index (κ1) is 13.1. The van der Waals surface area contributed by atoms with Crippen LogP contribution < -0.4 is 10.6 Å². The fourth-order valence-electron chi connectivity index (χ4n) is 2.03. The van der Waals surface area contributed by atoms with E-state index in [1.54, 1.807) is 11.3 Å². The first-order chi connectivity index (χ1) is 8.10. The smallest absolute Gasteiger partial charge is 0.226 e. The largest absolute Gasteiger partial charge is 0.351 e. The minimum atomic E-state index is -0.195. The molecule has 1 aliphatic rings. The van der Waals surface area contributed by atoms with Gasteiger partial charge in [0, 0.05) is 10.3 Å². The summed E-state index contributed by atoms with van der Waals surface area (Å²) in [4.78, 5) is 13.3. The first-order valence-electron chi connectivity index (χ1n) is 5.83. The first-order valence-corrected chi connectivity index (χ1v) is 7.44. The van der Waals surface area contributed by atoms with Gasteiger partial charge in [-0.2, -0.15) is 0 Å². The Bertz CT molecular complexity index is 399. The summed E-state index contributed by atoms with van der Waals surface area (Å²) >= 11 is 5.09. The van der Waals surface area contributed by atoms with E-state index in [1.165, 1.54) is 4.88 Å². The highest BCUT2D eigenvalue weighted by Crippen LogP contribution is 2.28. The molecule has 0 aromatic carbocycles. The molecule has 3 nitrogen and oxygen atoms in total. The van der Waals surface area contributed by atoms with E-state index in [2.05, 4.69) is 33.5 Å². The number of rotatable bonds is 3. The zero-order valence-corrected chi connectivity index (χ0v) is 12.3. The third-order valence-corrected chi connectivity index (χ3v) is 4.93. The van der Waals surface area contributed by atoms with Gasteiger partial charge in [0.05, 0.1) is 10.3 Å². The highest BCUT2D eigenvalue weighted by atomic mass is 79.9. The topological polar surface area (TPSA) is 41.1 Å². The van der Waals surface area contributed by atoms with Crippen LogP contribution in [0.2, 0.25) is 0 Å². The van der Waals surface area contributed by atoms with Crippen molar-refractivity contribution in [1.29, 1.82) is 0 Å². The number of piperidine rings is 1. The number of thiophene rings is 1. The molecule has 0 bridgehead atoms. The van der Waals surface area contributed by atoms with Gasteiger partial charge < -0.3 is 10.6 Å². The molecule has 0 atom stereocenters. The second kappa shape index (κ2) is 5.50. The molecule has 0 spiro atoms. The maximum Gasteiger partial charge on any atom is 0.226 e. The number of carbonyl (C=O) groups is 1. The molecule has 1 saturated heterocycles. The van der Waals surface area contributed by atoms with E-state index in [1.807, 2.05) is 12.1 Å². The van der Waals surface area contributed by atoms with Crippen molar-refractivity contribution >= 4 is 33.2 Å². The number of halogens is 1. The van der Waals surface area contributed by atoms with Crippen LogP contribution in [0, 0.1) is 5.41 Å². The Morgan fingerprint density at radius 2 is 2.24 bits per heavy atom. The molecule has 94 valence electrons. The van der Waals surface area contributed by atoms with Crippen molar-refractivity contribution in [3.8, 4) is 0 Å². The fraction of sp³-hybridized carbons (Fsp3) is 0.583. The van der Waals surface area contributed by atoms with Crippen molar-refractivity contribution in [2.75, 3.05) is 13.1 Å². The van der Waals surface area contributed by atoms with E-state index < -0.39 is 0 Å². The lowest BCUT2D eigenvalue weighted by molar-refractivity contribution is -0.131. The minimum absolute atomic E-state index is 0.184. The Labute approximate surface area is 114 Å². The molecular weight excluding hydrogens is 300 g/mol. The minimum Gasteiger partial charge on any atom is -0.351 e. The molecular formula is C12H17BrN2OS. The molecule has 17 heavy (non-hydrogen) atoms. The van der Waals surface area contributed by atoms with Crippen molar-refractivity contribution in [3.05, 3.63) is 20.8 Å². The SMILES string of the molecule is CC1(C(=O)NCc2ccc(Br)s2)CCNCC1. The molecule has 5 heteroatoms. The van der Waals surface area contributed by atoms with Gasteiger partial charge in [-0.05, 0) is 54.0 Å². The molecule has 0 aliphatic carbocycles. The zero-order valence-electron chi connectivity index (χ0n) is 9.88. The summed E-state index contributed by atoms with van der Waals surface area (Å²) in [6.45, 7) is 4.58. The number of hydrogen-bond acceptors (Lipinski definition) is 3. The summed E-state index contributed by atoms with van der Waals surface area (Å²) < 4.78 is 1.11. The molecule has 0 radical (unpaired) electrons. The Morgan fingerprint density at radius 1 is 1.53 bits per heavy atom. The molecule has 1 aliphatic heterocycles. The van der Waals surface area contributed by atoms with Crippen molar-refractivity contribution in [1.82, 2.24) is 10.6 Å². The maximum absolute atomic E-state index is 12.2. The third kappa shape index (κ3) is 3.30. The summed E-state index contributed by atoms with van der Waals surface area (Å²) in [6, 6.07) is 4.05. The van der Waals surface area contributed by atoms with E-state index in [-0.39, 0.29) is 11.3 Å². The van der Waals surface area contributed by atoms with Crippen molar-refractivity contribution < 1.29 is 4.79 Å². The second-order valence-corrected chi connectivity index (χ2v) is 7.25. The van der Waals surface area contributed by atoms with Gasteiger partial charge in [0.15, 0.2) is 0 Å². The molecule has 2 rings (SSSR count). The van der Waals surface area contributed by atoms with Gasteiger partial charge in [-0.15, -0.1) is 11.3 Å². The lowest BCUT2D eigenvalue weighted by atomic mass is 9.80. The molecule has 2 heterocycles. The van der Waals surface area contributed by atoms with Gasteiger partial charge in [0.2, 0.25) is 5.91 Å². The number of hydrogen-bond donors (Lipinski definition) is 2. The van der Waals surface area contributed by atoms with Crippen LogP contribution in [-0.4, -0.2) is 19.0 Å². The molecule has 1 fully saturated rings. The molecule has 0 unspecified atom stereocenters. The van der Waals surface area contributed by atoms with E-state index >= 15 is 0 Å². The van der Waals surface area contributed by atoms with Gasteiger partial charge in [0.25, 0.3) is 0 Å². The zero-order chi connectivity index (χ0) is 12.3. The van der Waals surface area contributed by atoms with Gasteiger partial charge in [-0.1, -0.05) is 6.92 Å². The lowest BCUT2D eigenvalue weighted by Gasteiger charge is -2.32. The van der Waals surface area contributed by atoms with Crippen LogP contribution in [0.5, 0.6) is 0 Å². The van der Waals surface area contributed by atoms with E-state index in [0.29, 0.717) is 6.54 Å².